The van der Waals surface area contributed by atoms with Crippen LogP contribution in [0.5, 0.6) is 0 Å². The van der Waals surface area contributed by atoms with Gasteiger partial charge in [0.25, 0.3) is 11.6 Å². The molecule has 27 heavy (non-hydrogen) atoms. The Labute approximate surface area is 158 Å². The van der Waals surface area contributed by atoms with Gasteiger partial charge in [0.2, 0.25) is 0 Å². The number of fused-ring (bicyclic) bond motifs is 2. The molecule has 0 radical (unpaired) electrons. The van der Waals surface area contributed by atoms with Crippen LogP contribution < -0.4 is 5.32 Å². The van der Waals surface area contributed by atoms with Crippen molar-refractivity contribution in [2.45, 2.75) is 31.7 Å². The van der Waals surface area contributed by atoms with Gasteiger partial charge in [-0.2, -0.15) is 0 Å². The summed E-state index contributed by atoms with van der Waals surface area (Å²) in [6, 6.07) is 16.1. The molecule has 0 saturated heterocycles. The Bertz CT molecular complexity index is 891. The van der Waals surface area contributed by atoms with Crippen molar-refractivity contribution < 1.29 is 9.72 Å². The highest BCUT2D eigenvalue weighted by Gasteiger charge is 2.40. The van der Waals surface area contributed by atoms with Crippen molar-refractivity contribution in [2.75, 3.05) is 0 Å². The number of nitrogens with one attached hydrogen (secondary N) is 1. The number of nitro groups is 1. The predicted molar refractivity (Wildman–Crippen MR) is 105 cm³/mol. The molecule has 0 aromatic heterocycles. The van der Waals surface area contributed by atoms with E-state index in [1.807, 2.05) is 30.3 Å². The molecule has 0 aliphatic heterocycles. The number of rotatable bonds is 5. The van der Waals surface area contributed by atoms with E-state index >= 15 is 0 Å². The number of non-ortho nitro benzene ring substituents is 1. The Kier molecular flexibility index (Phi) is 4.75. The number of carbonyl (C=O) groups excluding carboxylic acids is 1. The summed E-state index contributed by atoms with van der Waals surface area (Å²) < 4.78 is 0. The highest BCUT2D eigenvalue weighted by molar-refractivity contribution is 6.24. The van der Waals surface area contributed by atoms with Crippen molar-refractivity contribution in [3.8, 4) is 0 Å². The molecular weight excluding hydrogens is 340 g/mol. The fourth-order valence-corrected chi connectivity index (χ4v) is 4.46. The van der Waals surface area contributed by atoms with Gasteiger partial charge in [0.1, 0.15) is 0 Å². The smallest absolute Gasteiger partial charge is 0.270 e. The van der Waals surface area contributed by atoms with Gasteiger partial charge in [0.15, 0.2) is 0 Å². The summed E-state index contributed by atoms with van der Waals surface area (Å²) in [5, 5.41) is 14.3. The van der Waals surface area contributed by atoms with Crippen molar-refractivity contribution in [2.24, 2.45) is 11.8 Å². The number of amides is 1. The number of nitrogens with zero attached hydrogens (tertiary/aromatic N) is 1. The van der Waals surface area contributed by atoms with Crippen LogP contribution >= 0.6 is 0 Å². The highest BCUT2D eigenvalue weighted by atomic mass is 16.6. The van der Waals surface area contributed by atoms with E-state index in [1.54, 1.807) is 18.2 Å². The zero-order valence-electron chi connectivity index (χ0n) is 15.0. The van der Waals surface area contributed by atoms with Gasteiger partial charge in [-0.1, -0.05) is 48.9 Å². The molecule has 5 heteroatoms. The topological polar surface area (TPSA) is 72.2 Å². The molecule has 3 atom stereocenters. The lowest BCUT2D eigenvalue weighted by molar-refractivity contribution is -0.384. The zero-order chi connectivity index (χ0) is 18.8. The molecule has 5 nitrogen and oxygen atoms in total. The zero-order valence-corrected chi connectivity index (χ0v) is 15.0. The van der Waals surface area contributed by atoms with Crippen LogP contribution in [-0.4, -0.2) is 16.9 Å². The molecule has 2 aliphatic carbocycles. The maximum absolute atomic E-state index is 13.1. The van der Waals surface area contributed by atoms with Crippen molar-refractivity contribution in [1.29, 1.82) is 0 Å². The van der Waals surface area contributed by atoms with Crippen LogP contribution in [0.2, 0.25) is 0 Å². The maximum Gasteiger partial charge on any atom is 0.270 e. The number of hydrogen-bond acceptors (Lipinski definition) is 3. The van der Waals surface area contributed by atoms with E-state index in [0.29, 0.717) is 17.1 Å². The van der Waals surface area contributed by atoms with E-state index in [4.69, 9.17) is 0 Å². The highest BCUT2D eigenvalue weighted by Crippen LogP contribution is 2.44. The molecule has 2 aromatic carbocycles. The summed E-state index contributed by atoms with van der Waals surface area (Å²) >= 11 is 0. The molecule has 0 heterocycles. The molecule has 2 saturated carbocycles. The molecular formula is C22H22N2O3. The van der Waals surface area contributed by atoms with Crippen molar-refractivity contribution in [3.05, 3.63) is 75.8 Å². The first-order valence-electron chi connectivity index (χ1n) is 9.42. The van der Waals surface area contributed by atoms with E-state index in [1.165, 1.54) is 31.4 Å². The number of carbonyl (C=O) groups is 1. The van der Waals surface area contributed by atoms with Crippen LogP contribution in [0.3, 0.4) is 0 Å². The second-order valence-corrected chi connectivity index (χ2v) is 7.53. The summed E-state index contributed by atoms with van der Waals surface area (Å²) in [6.45, 7) is 0. The first-order valence-corrected chi connectivity index (χ1v) is 9.42. The Morgan fingerprint density at radius 3 is 2.56 bits per heavy atom. The molecule has 1 N–H and O–H groups in total. The van der Waals surface area contributed by atoms with Crippen LogP contribution in [0.1, 0.15) is 36.8 Å². The average Bonchev–Trinajstić information content (AvgIpc) is 3.30. The number of benzene rings is 2. The third kappa shape index (κ3) is 3.77. The largest absolute Gasteiger partial charge is 0.349 e. The summed E-state index contributed by atoms with van der Waals surface area (Å²) in [6.07, 6.45) is 6.51. The monoisotopic (exact) mass is 362 g/mol. The SMILES string of the molecule is O=C(N[C@H]1C[C@H]2CC[C@H]1C2)/C(=C/c1cccc([N+](=O)[O-])c1)c1ccccc1. The summed E-state index contributed by atoms with van der Waals surface area (Å²) in [5.41, 5.74) is 2.01. The Hall–Kier alpha value is -2.95. The minimum Gasteiger partial charge on any atom is -0.349 e. The lowest BCUT2D eigenvalue weighted by atomic mass is 9.94. The molecule has 138 valence electrons. The summed E-state index contributed by atoms with van der Waals surface area (Å²) in [7, 11) is 0. The van der Waals surface area contributed by atoms with Gasteiger partial charge in [0, 0.05) is 23.7 Å². The van der Waals surface area contributed by atoms with Gasteiger partial charge in [-0.15, -0.1) is 0 Å². The summed E-state index contributed by atoms with van der Waals surface area (Å²) in [5.74, 6) is 1.24. The van der Waals surface area contributed by atoms with E-state index in [9.17, 15) is 14.9 Å². The Morgan fingerprint density at radius 2 is 1.89 bits per heavy atom. The van der Waals surface area contributed by atoms with Gasteiger partial charge >= 0.3 is 0 Å². The first kappa shape index (κ1) is 17.5. The molecule has 2 bridgehead atoms. The van der Waals surface area contributed by atoms with Crippen LogP contribution in [0.15, 0.2) is 54.6 Å². The Morgan fingerprint density at radius 1 is 1.07 bits per heavy atom. The third-order valence-electron chi connectivity index (χ3n) is 5.78. The molecule has 0 spiro atoms. The number of hydrogen-bond donors (Lipinski definition) is 1. The average molecular weight is 362 g/mol. The van der Waals surface area contributed by atoms with Crippen molar-refractivity contribution in [3.63, 3.8) is 0 Å². The van der Waals surface area contributed by atoms with E-state index in [0.717, 1.165) is 17.9 Å². The minimum atomic E-state index is -0.422. The Balaban J connectivity index is 1.64. The van der Waals surface area contributed by atoms with Gasteiger partial charge < -0.3 is 5.32 Å². The second-order valence-electron chi connectivity index (χ2n) is 7.53. The second kappa shape index (κ2) is 7.35. The van der Waals surface area contributed by atoms with E-state index in [2.05, 4.69) is 5.32 Å². The van der Waals surface area contributed by atoms with Crippen LogP contribution in [-0.2, 0) is 4.79 Å². The van der Waals surface area contributed by atoms with Gasteiger partial charge in [-0.3, -0.25) is 14.9 Å². The van der Waals surface area contributed by atoms with Gasteiger partial charge in [-0.25, -0.2) is 0 Å². The normalized spacial score (nSPS) is 24.0. The summed E-state index contributed by atoms with van der Waals surface area (Å²) in [4.78, 5) is 23.7. The lowest BCUT2D eigenvalue weighted by Crippen LogP contribution is -2.38. The van der Waals surface area contributed by atoms with Crippen LogP contribution in [0, 0.1) is 22.0 Å². The predicted octanol–water partition coefficient (Wildman–Crippen LogP) is 4.44. The van der Waals surface area contributed by atoms with E-state index in [-0.39, 0.29) is 17.6 Å². The molecule has 2 fully saturated rings. The van der Waals surface area contributed by atoms with Gasteiger partial charge in [-0.05, 0) is 48.3 Å². The quantitative estimate of drug-likeness (QED) is 0.370. The standard InChI is InChI=1S/C22H22N2O3/c25-22(23-21-14-16-9-10-18(21)11-16)20(17-6-2-1-3-7-17)13-15-5-4-8-19(12-15)24(26)27/h1-8,12-13,16,18,21H,9-11,14H2,(H,23,25)/b20-13+/t16-,18-,21-/m0/s1. The van der Waals surface area contributed by atoms with Crippen LogP contribution in [0.25, 0.3) is 11.6 Å². The maximum atomic E-state index is 13.1. The number of nitro benzene ring substituents is 1. The van der Waals surface area contributed by atoms with Crippen LogP contribution in [0.4, 0.5) is 5.69 Å². The van der Waals surface area contributed by atoms with Gasteiger partial charge in [0.05, 0.1) is 4.92 Å². The molecule has 2 aliphatic rings. The lowest BCUT2D eigenvalue weighted by Gasteiger charge is -2.23. The van der Waals surface area contributed by atoms with Crippen molar-refractivity contribution >= 4 is 23.2 Å². The molecule has 0 unspecified atom stereocenters. The minimum absolute atomic E-state index is 0.0182. The molecule has 2 aromatic rings. The fraction of sp³-hybridized carbons (Fsp3) is 0.318. The fourth-order valence-electron chi connectivity index (χ4n) is 4.46. The third-order valence-corrected chi connectivity index (χ3v) is 5.78. The molecule has 4 rings (SSSR count). The van der Waals surface area contributed by atoms with Crippen molar-refractivity contribution in [1.82, 2.24) is 5.32 Å². The molecule has 1 amide bonds. The first-order chi connectivity index (χ1) is 13.1. The van der Waals surface area contributed by atoms with E-state index < -0.39 is 4.92 Å².